The Morgan fingerprint density at radius 1 is 1.19 bits per heavy atom. The van der Waals surface area contributed by atoms with Crippen LogP contribution in [0, 0.1) is 13.8 Å². The van der Waals surface area contributed by atoms with Gasteiger partial charge in [-0.15, -0.1) is 0 Å². The standard InChI is InChI=1S/C20H19N3O3/c1-13-5-3-4-6-19(13)26-16-7-8-21-15(10-16)11-23-20(25)17-12-22-14(2)9-18(17)24/h3-10,12H,11H2,1-2H3,(H,22,24)(H,23,25). The lowest BCUT2D eigenvalue weighted by Gasteiger charge is -2.10. The van der Waals surface area contributed by atoms with Crippen LogP contribution in [0.15, 0.2) is 59.7 Å². The lowest BCUT2D eigenvalue weighted by atomic mass is 10.2. The summed E-state index contributed by atoms with van der Waals surface area (Å²) in [6.07, 6.45) is 3.03. The zero-order chi connectivity index (χ0) is 18.5. The van der Waals surface area contributed by atoms with Gasteiger partial charge in [-0.2, -0.15) is 0 Å². The summed E-state index contributed by atoms with van der Waals surface area (Å²) in [7, 11) is 0. The Morgan fingerprint density at radius 3 is 2.77 bits per heavy atom. The Bertz CT molecular complexity index is 995. The second-order valence-electron chi connectivity index (χ2n) is 5.93. The molecule has 2 aromatic heterocycles. The minimum Gasteiger partial charge on any atom is -0.457 e. The van der Waals surface area contributed by atoms with Gasteiger partial charge in [-0.25, -0.2) is 0 Å². The SMILES string of the molecule is Cc1cc(=O)c(C(=O)NCc2cc(Oc3ccccc3C)ccn2)c[nH]1. The molecule has 0 saturated heterocycles. The summed E-state index contributed by atoms with van der Waals surface area (Å²) in [5.74, 6) is 0.949. The van der Waals surface area contributed by atoms with Gasteiger partial charge in [0.25, 0.3) is 5.91 Å². The van der Waals surface area contributed by atoms with E-state index in [4.69, 9.17) is 4.74 Å². The van der Waals surface area contributed by atoms with Crippen LogP contribution in [0.25, 0.3) is 0 Å². The van der Waals surface area contributed by atoms with Gasteiger partial charge in [-0.05, 0) is 31.5 Å². The number of aromatic amines is 1. The molecular formula is C20H19N3O3. The highest BCUT2D eigenvalue weighted by atomic mass is 16.5. The molecule has 6 heteroatoms. The number of nitrogens with zero attached hydrogens (tertiary/aromatic N) is 1. The van der Waals surface area contributed by atoms with Gasteiger partial charge in [0.1, 0.15) is 17.1 Å². The van der Waals surface area contributed by atoms with E-state index in [-0.39, 0.29) is 17.5 Å². The molecule has 1 amide bonds. The summed E-state index contributed by atoms with van der Waals surface area (Å²) in [6, 6.07) is 12.6. The van der Waals surface area contributed by atoms with Crippen LogP contribution in [0.2, 0.25) is 0 Å². The molecule has 0 radical (unpaired) electrons. The molecule has 3 rings (SSSR count). The molecule has 0 fully saturated rings. The minimum atomic E-state index is -0.446. The van der Waals surface area contributed by atoms with Crippen molar-refractivity contribution in [2.75, 3.05) is 0 Å². The Balaban J connectivity index is 1.68. The maximum absolute atomic E-state index is 12.2. The van der Waals surface area contributed by atoms with Gasteiger partial charge in [0, 0.05) is 30.2 Å². The molecule has 0 spiro atoms. The molecule has 0 bridgehead atoms. The van der Waals surface area contributed by atoms with Gasteiger partial charge in [-0.1, -0.05) is 18.2 Å². The van der Waals surface area contributed by atoms with E-state index in [1.165, 1.54) is 12.3 Å². The molecule has 1 aromatic carbocycles. The monoisotopic (exact) mass is 349 g/mol. The van der Waals surface area contributed by atoms with E-state index in [0.29, 0.717) is 17.1 Å². The van der Waals surface area contributed by atoms with Crippen LogP contribution in [-0.4, -0.2) is 15.9 Å². The largest absolute Gasteiger partial charge is 0.457 e. The number of carbonyl (C=O) groups is 1. The van der Waals surface area contributed by atoms with Crippen LogP contribution >= 0.6 is 0 Å². The Morgan fingerprint density at radius 2 is 2.00 bits per heavy atom. The fourth-order valence-corrected chi connectivity index (χ4v) is 2.43. The lowest BCUT2D eigenvalue weighted by molar-refractivity contribution is 0.0949. The first-order valence-electron chi connectivity index (χ1n) is 8.19. The summed E-state index contributed by atoms with van der Waals surface area (Å²) in [6.45, 7) is 3.92. The predicted octanol–water partition coefficient (Wildman–Crippen LogP) is 3.11. The number of rotatable bonds is 5. The van der Waals surface area contributed by atoms with E-state index in [1.54, 1.807) is 25.3 Å². The second kappa shape index (κ2) is 7.65. The molecule has 0 aliphatic rings. The fraction of sp³-hybridized carbons (Fsp3) is 0.150. The number of para-hydroxylation sites is 1. The van der Waals surface area contributed by atoms with Gasteiger partial charge in [0.05, 0.1) is 12.2 Å². The molecule has 0 aliphatic carbocycles. The number of benzene rings is 1. The summed E-state index contributed by atoms with van der Waals surface area (Å²) in [5.41, 5.74) is 2.12. The molecule has 132 valence electrons. The summed E-state index contributed by atoms with van der Waals surface area (Å²) >= 11 is 0. The quantitative estimate of drug-likeness (QED) is 0.741. The van der Waals surface area contributed by atoms with E-state index in [1.807, 2.05) is 31.2 Å². The highest BCUT2D eigenvalue weighted by Crippen LogP contribution is 2.24. The van der Waals surface area contributed by atoms with Crippen molar-refractivity contribution in [3.05, 3.63) is 87.6 Å². The van der Waals surface area contributed by atoms with Crippen molar-refractivity contribution in [1.82, 2.24) is 15.3 Å². The molecule has 0 unspecified atom stereocenters. The van der Waals surface area contributed by atoms with E-state index in [2.05, 4.69) is 15.3 Å². The summed E-state index contributed by atoms with van der Waals surface area (Å²) in [5, 5.41) is 2.70. The van der Waals surface area contributed by atoms with E-state index >= 15 is 0 Å². The van der Waals surface area contributed by atoms with E-state index < -0.39 is 5.91 Å². The number of H-pyrrole nitrogens is 1. The molecular weight excluding hydrogens is 330 g/mol. The van der Waals surface area contributed by atoms with Gasteiger partial charge < -0.3 is 15.0 Å². The molecule has 2 heterocycles. The third-order valence-electron chi connectivity index (χ3n) is 3.84. The summed E-state index contributed by atoms with van der Waals surface area (Å²) < 4.78 is 5.87. The minimum absolute atomic E-state index is 0.0721. The summed E-state index contributed by atoms with van der Waals surface area (Å²) in [4.78, 5) is 31.1. The van der Waals surface area contributed by atoms with Crippen LogP contribution in [0.4, 0.5) is 0 Å². The smallest absolute Gasteiger partial charge is 0.257 e. The zero-order valence-electron chi connectivity index (χ0n) is 14.6. The van der Waals surface area contributed by atoms with Gasteiger partial charge in [0.15, 0.2) is 5.43 Å². The fourth-order valence-electron chi connectivity index (χ4n) is 2.43. The first-order chi connectivity index (χ1) is 12.5. The van der Waals surface area contributed by atoms with E-state index in [0.717, 1.165) is 11.3 Å². The Hall–Kier alpha value is -3.41. The molecule has 0 atom stereocenters. The van der Waals surface area contributed by atoms with Gasteiger partial charge in [-0.3, -0.25) is 14.6 Å². The van der Waals surface area contributed by atoms with Crippen molar-refractivity contribution in [1.29, 1.82) is 0 Å². The number of nitrogens with one attached hydrogen (secondary N) is 2. The van der Waals surface area contributed by atoms with Gasteiger partial charge >= 0.3 is 0 Å². The van der Waals surface area contributed by atoms with Crippen molar-refractivity contribution in [3.8, 4) is 11.5 Å². The third-order valence-corrected chi connectivity index (χ3v) is 3.84. The number of hydrogen-bond acceptors (Lipinski definition) is 4. The van der Waals surface area contributed by atoms with Crippen LogP contribution in [-0.2, 0) is 6.54 Å². The Kier molecular flexibility index (Phi) is 5.12. The molecule has 3 aromatic rings. The maximum Gasteiger partial charge on any atom is 0.257 e. The second-order valence-corrected chi connectivity index (χ2v) is 5.93. The first kappa shape index (κ1) is 17.4. The van der Waals surface area contributed by atoms with Gasteiger partial charge in [0.2, 0.25) is 0 Å². The highest BCUT2D eigenvalue weighted by Gasteiger charge is 2.10. The molecule has 6 nitrogen and oxygen atoms in total. The van der Waals surface area contributed by atoms with Crippen LogP contribution in [0.1, 0.15) is 27.3 Å². The molecule has 0 aliphatic heterocycles. The number of amides is 1. The molecule has 2 N–H and O–H groups in total. The van der Waals surface area contributed by atoms with Crippen LogP contribution in [0.5, 0.6) is 11.5 Å². The first-order valence-corrected chi connectivity index (χ1v) is 8.19. The number of ether oxygens (including phenoxy) is 1. The third kappa shape index (κ3) is 4.16. The number of aromatic nitrogens is 2. The molecule has 0 saturated carbocycles. The highest BCUT2D eigenvalue weighted by molar-refractivity contribution is 5.93. The number of hydrogen-bond donors (Lipinski definition) is 2. The average Bonchev–Trinajstić information content (AvgIpc) is 2.62. The van der Waals surface area contributed by atoms with E-state index in [9.17, 15) is 9.59 Å². The van der Waals surface area contributed by atoms with Crippen molar-refractivity contribution in [2.45, 2.75) is 20.4 Å². The van der Waals surface area contributed by atoms with Crippen molar-refractivity contribution < 1.29 is 9.53 Å². The van der Waals surface area contributed by atoms with Crippen molar-refractivity contribution in [3.63, 3.8) is 0 Å². The van der Waals surface area contributed by atoms with Crippen molar-refractivity contribution >= 4 is 5.91 Å². The number of pyridine rings is 2. The lowest BCUT2D eigenvalue weighted by Crippen LogP contribution is -2.28. The average molecular weight is 349 g/mol. The normalized spacial score (nSPS) is 10.4. The Labute approximate surface area is 150 Å². The number of aryl methyl sites for hydroxylation is 2. The number of carbonyl (C=O) groups excluding carboxylic acids is 1. The molecule has 26 heavy (non-hydrogen) atoms. The van der Waals surface area contributed by atoms with Crippen molar-refractivity contribution in [2.24, 2.45) is 0 Å². The maximum atomic E-state index is 12.2. The van der Waals surface area contributed by atoms with Crippen LogP contribution in [0.3, 0.4) is 0 Å². The topological polar surface area (TPSA) is 84.1 Å². The van der Waals surface area contributed by atoms with Crippen LogP contribution < -0.4 is 15.5 Å². The predicted molar refractivity (Wildman–Crippen MR) is 98.5 cm³/mol. The zero-order valence-corrected chi connectivity index (χ0v) is 14.6.